The Morgan fingerprint density at radius 1 is 1.00 bits per heavy atom. The molecular weight excluding hydrogens is 310 g/mol. The van der Waals surface area contributed by atoms with Gasteiger partial charge in [0.25, 0.3) is 10.0 Å². The van der Waals surface area contributed by atoms with Crippen LogP contribution in [0.15, 0.2) is 66.1 Å². The highest BCUT2D eigenvalue weighted by atomic mass is 32.2. The Morgan fingerprint density at radius 2 is 1.74 bits per heavy atom. The van der Waals surface area contributed by atoms with E-state index in [1.165, 1.54) is 0 Å². The van der Waals surface area contributed by atoms with Gasteiger partial charge in [-0.05, 0) is 61.4 Å². The van der Waals surface area contributed by atoms with Gasteiger partial charge in [0.1, 0.15) is 0 Å². The van der Waals surface area contributed by atoms with E-state index in [9.17, 15) is 8.42 Å². The number of hydrogen-bond donors (Lipinski definition) is 1. The molecule has 0 radical (unpaired) electrons. The third-order valence-electron chi connectivity index (χ3n) is 3.71. The maximum absolute atomic E-state index is 12.5. The number of aromatic nitrogens is 2. The molecule has 0 amide bonds. The molecule has 0 aliphatic rings. The van der Waals surface area contributed by atoms with Gasteiger partial charge in [-0.15, -0.1) is 0 Å². The predicted molar refractivity (Wildman–Crippen MR) is 90.3 cm³/mol. The van der Waals surface area contributed by atoms with Gasteiger partial charge in [-0.2, -0.15) is 0 Å². The fourth-order valence-corrected chi connectivity index (χ4v) is 3.35. The first-order valence-electron chi connectivity index (χ1n) is 7.14. The van der Waals surface area contributed by atoms with E-state index < -0.39 is 10.0 Å². The zero-order valence-corrected chi connectivity index (χ0v) is 13.7. The molecule has 0 spiro atoms. The Kier molecular flexibility index (Phi) is 3.92. The van der Waals surface area contributed by atoms with E-state index in [-0.39, 0.29) is 4.90 Å². The van der Waals surface area contributed by atoms with E-state index in [2.05, 4.69) is 9.71 Å². The van der Waals surface area contributed by atoms with Gasteiger partial charge in [0.2, 0.25) is 0 Å². The summed E-state index contributed by atoms with van der Waals surface area (Å²) in [6.07, 6.45) is 5.21. The average molecular weight is 327 g/mol. The highest BCUT2D eigenvalue weighted by molar-refractivity contribution is 7.92. The van der Waals surface area contributed by atoms with E-state index in [1.807, 2.05) is 42.8 Å². The number of anilines is 1. The van der Waals surface area contributed by atoms with Gasteiger partial charge < -0.3 is 4.57 Å². The van der Waals surface area contributed by atoms with Crippen LogP contribution in [-0.2, 0) is 10.0 Å². The number of nitrogens with zero attached hydrogens (tertiary/aromatic N) is 2. The molecule has 1 heterocycles. The molecule has 0 saturated carbocycles. The molecule has 2 aromatic carbocycles. The second-order valence-corrected chi connectivity index (χ2v) is 7.05. The van der Waals surface area contributed by atoms with E-state index in [0.717, 1.165) is 16.8 Å². The molecule has 0 saturated heterocycles. The number of aryl methyl sites for hydroxylation is 2. The molecule has 0 fully saturated rings. The van der Waals surface area contributed by atoms with Crippen molar-refractivity contribution in [3.8, 4) is 5.69 Å². The minimum atomic E-state index is -3.59. The molecule has 5 nitrogen and oxygen atoms in total. The summed E-state index contributed by atoms with van der Waals surface area (Å²) in [5.41, 5.74) is 3.45. The molecule has 3 rings (SSSR count). The second-order valence-electron chi connectivity index (χ2n) is 5.37. The van der Waals surface area contributed by atoms with Gasteiger partial charge in [-0.3, -0.25) is 4.72 Å². The van der Waals surface area contributed by atoms with Gasteiger partial charge in [0.05, 0.1) is 11.2 Å². The Labute approximate surface area is 135 Å². The van der Waals surface area contributed by atoms with Crippen LogP contribution < -0.4 is 4.72 Å². The van der Waals surface area contributed by atoms with Crippen LogP contribution in [0.25, 0.3) is 5.69 Å². The molecule has 0 atom stereocenters. The summed E-state index contributed by atoms with van der Waals surface area (Å²) in [4.78, 5) is 4.25. The number of sulfonamides is 1. The standard InChI is InChI=1S/C17H17N3O2S/c1-13-3-8-17(11-14(13)2)23(21,22)19-15-4-6-16(7-5-15)20-10-9-18-12-20/h3-12,19H,1-2H3. The Morgan fingerprint density at radius 3 is 2.35 bits per heavy atom. The van der Waals surface area contributed by atoms with Crippen molar-refractivity contribution in [2.75, 3.05) is 4.72 Å². The fourth-order valence-electron chi connectivity index (χ4n) is 2.21. The van der Waals surface area contributed by atoms with Crippen molar-refractivity contribution in [3.63, 3.8) is 0 Å². The van der Waals surface area contributed by atoms with Crippen molar-refractivity contribution in [2.45, 2.75) is 18.7 Å². The number of benzene rings is 2. The number of hydrogen-bond acceptors (Lipinski definition) is 3. The molecular formula is C17H17N3O2S. The predicted octanol–water partition coefficient (Wildman–Crippen LogP) is 3.29. The SMILES string of the molecule is Cc1ccc(S(=O)(=O)Nc2ccc(-n3ccnc3)cc2)cc1C. The molecule has 0 unspecified atom stereocenters. The average Bonchev–Trinajstić information content (AvgIpc) is 3.04. The van der Waals surface area contributed by atoms with Crippen molar-refractivity contribution in [1.29, 1.82) is 0 Å². The molecule has 3 aromatic rings. The lowest BCUT2D eigenvalue weighted by Gasteiger charge is -2.10. The quantitative estimate of drug-likeness (QED) is 0.800. The van der Waals surface area contributed by atoms with Crippen LogP contribution in [0.5, 0.6) is 0 Å². The second kappa shape index (κ2) is 5.89. The smallest absolute Gasteiger partial charge is 0.261 e. The number of rotatable bonds is 4. The Balaban J connectivity index is 1.84. The van der Waals surface area contributed by atoms with Crippen LogP contribution in [0.2, 0.25) is 0 Å². The highest BCUT2D eigenvalue weighted by Gasteiger charge is 2.14. The van der Waals surface area contributed by atoms with Crippen LogP contribution in [0.3, 0.4) is 0 Å². The summed E-state index contributed by atoms with van der Waals surface area (Å²) in [7, 11) is -3.59. The van der Waals surface area contributed by atoms with Crippen LogP contribution in [0, 0.1) is 13.8 Å². The van der Waals surface area contributed by atoms with E-state index in [0.29, 0.717) is 5.69 Å². The molecule has 23 heavy (non-hydrogen) atoms. The third-order valence-corrected chi connectivity index (χ3v) is 5.09. The van der Waals surface area contributed by atoms with E-state index in [1.54, 1.807) is 36.8 Å². The molecule has 0 aliphatic carbocycles. The normalized spacial score (nSPS) is 11.4. The van der Waals surface area contributed by atoms with Crippen LogP contribution >= 0.6 is 0 Å². The minimum Gasteiger partial charge on any atom is -0.306 e. The maximum atomic E-state index is 12.5. The lowest BCUT2D eigenvalue weighted by atomic mass is 10.1. The summed E-state index contributed by atoms with van der Waals surface area (Å²) in [6, 6.07) is 12.2. The summed E-state index contributed by atoms with van der Waals surface area (Å²) in [5, 5.41) is 0. The molecule has 1 N–H and O–H groups in total. The lowest BCUT2D eigenvalue weighted by molar-refractivity contribution is 0.601. The fraction of sp³-hybridized carbons (Fsp3) is 0.118. The van der Waals surface area contributed by atoms with Crippen molar-refractivity contribution >= 4 is 15.7 Å². The highest BCUT2D eigenvalue weighted by Crippen LogP contribution is 2.20. The summed E-state index contributed by atoms with van der Waals surface area (Å²) in [5.74, 6) is 0. The molecule has 118 valence electrons. The molecule has 0 bridgehead atoms. The topological polar surface area (TPSA) is 64.0 Å². The minimum absolute atomic E-state index is 0.263. The first kappa shape index (κ1) is 15.3. The van der Waals surface area contributed by atoms with Crippen molar-refractivity contribution in [2.24, 2.45) is 0 Å². The molecule has 1 aromatic heterocycles. The largest absolute Gasteiger partial charge is 0.306 e. The first-order chi connectivity index (χ1) is 11.0. The van der Waals surface area contributed by atoms with Crippen LogP contribution in [-0.4, -0.2) is 18.0 Å². The zero-order chi connectivity index (χ0) is 16.4. The maximum Gasteiger partial charge on any atom is 0.261 e. The van der Waals surface area contributed by atoms with Crippen molar-refractivity contribution in [1.82, 2.24) is 9.55 Å². The van der Waals surface area contributed by atoms with Crippen LogP contribution in [0.1, 0.15) is 11.1 Å². The van der Waals surface area contributed by atoms with Crippen molar-refractivity contribution in [3.05, 3.63) is 72.3 Å². The van der Waals surface area contributed by atoms with E-state index in [4.69, 9.17) is 0 Å². The van der Waals surface area contributed by atoms with Gasteiger partial charge >= 0.3 is 0 Å². The van der Waals surface area contributed by atoms with Crippen LogP contribution in [0.4, 0.5) is 5.69 Å². The van der Waals surface area contributed by atoms with Gasteiger partial charge in [0.15, 0.2) is 0 Å². The van der Waals surface area contributed by atoms with Crippen molar-refractivity contribution < 1.29 is 8.42 Å². The zero-order valence-electron chi connectivity index (χ0n) is 12.9. The number of nitrogens with one attached hydrogen (secondary N) is 1. The molecule has 0 aliphatic heterocycles. The Bertz CT molecular complexity index is 915. The summed E-state index contributed by atoms with van der Waals surface area (Å²) in [6.45, 7) is 3.85. The van der Waals surface area contributed by atoms with Gasteiger partial charge in [-0.1, -0.05) is 6.07 Å². The third kappa shape index (κ3) is 3.27. The first-order valence-corrected chi connectivity index (χ1v) is 8.62. The molecule has 6 heteroatoms. The number of imidazole rings is 1. The summed E-state index contributed by atoms with van der Waals surface area (Å²) >= 11 is 0. The Hall–Kier alpha value is -2.60. The van der Waals surface area contributed by atoms with E-state index >= 15 is 0 Å². The van der Waals surface area contributed by atoms with Gasteiger partial charge in [0, 0.05) is 23.8 Å². The van der Waals surface area contributed by atoms with Gasteiger partial charge in [-0.25, -0.2) is 13.4 Å². The monoisotopic (exact) mass is 327 g/mol. The lowest BCUT2D eigenvalue weighted by Crippen LogP contribution is -2.13. The summed E-state index contributed by atoms with van der Waals surface area (Å²) < 4.78 is 29.4.